The Morgan fingerprint density at radius 2 is 2.05 bits per heavy atom. The van der Waals surface area contributed by atoms with Gasteiger partial charge in [-0.2, -0.15) is 0 Å². The summed E-state index contributed by atoms with van der Waals surface area (Å²) < 4.78 is 0. The van der Waals surface area contributed by atoms with Gasteiger partial charge in [-0.25, -0.2) is 0 Å². The first kappa shape index (κ1) is 15.1. The first-order valence-corrected chi connectivity index (χ1v) is 8.21. The van der Waals surface area contributed by atoms with Crippen molar-refractivity contribution in [1.82, 2.24) is 15.2 Å². The number of nitrogens with one attached hydrogen (secondary N) is 2. The molecule has 1 amide bonds. The van der Waals surface area contributed by atoms with Crippen LogP contribution in [0.15, 0.2) is 18.2 Å². The molecule has 0 saturated heterocycles. The van der Waals surface area contributed by atoms with Gasteiger partial charge in [0.15, 0.2) is 0 Å². The zero-order valence-corrected chi connectivity index (χ0v) is 13.5. The summed E-state index contributed by atoms with van der Waals surface area (Å²) in [4.78, 5) is 17.9. The lowest BCUT2D eigenvalue weighted by molar-refractivity contribution is 0.0951. The van der Waals surface area contributed by atoms with Gasteiger partial charge in [0, 0.05) is 35.2 Å². The number of hydrogen-bond acceptors (Lipinski definition) is 2. The van der Waals surface area contributed by atoms with Crippen LogP contribution in [0.4, 0.5) is 0 Å². The number of carbonyl (C=O) groups is 1. The fraction of sp³-hybridized carbons (Fsp3) is 0.500. The Labute approximate surface area is 131 Å². The largest absolute Gasteiger partial charge is 0.358 e. The summed E-state index contributed by atoms with van der Waals surface area (Å²) in [5.41, 5.74) is 4.72. The number of benzene rings is 1. The Balaban J connectivity index is 1.82. The second-order valence-electron chi connectivity index (χ2n) is 6.46. The molecule has 4 heteroatoms. The molecular formula is C18H25N3O. The summed E-state index contributed by atoms with van der Waals surface area (Å²) in [6.45, 7) is 1.53. The third kappa shape index (κ3) is 3.17. The van der Waals surface area contributed by atoms with E-state index in [2.05, 4.69) is 21.3 Å². The van der Waals surface area contributed by atoms with Crippen molar-refractivity contribution in [1.29, 1.82) is 0 Å². The highest BCUT2D eigenvalue weighted by molar-refractivity contribution is 5.99. The molecule has 1 aliphatic rings. The molecule has 4 nitrogen and oxygen atoms in total. The SMILES string of the molecule is CN(C)CCNC(=O)c1ccc2[nH]c3c(c2c1)CCCCC3. The molecule has 0 bridgehead atoms. The number of carbonyl (C=O) groups excluding carboxylic acids is 1. The minimum absolute atomic E-state index is 0.0207. The zero-order valence-electron chi connectivity index (χ0n) is 13.5. The number of aromatic nitrogens is 1. The molecule has 0 atom stereocenters. The Morgan fingerprint density at radius 1 is 1.23 bits per heavy atom. The Kier molecular flexibility index (Phi) is 4.48. The average Bonchev–Trinajstić information content (AvgIpc) is 2.67. The maximum absolute atomic E-state index is 12.3. The molecule has 0 unspecified atom stereocenters. The summed E-state index contributed by atoms with van der Waals surface area (Å²) in [5.74, 6) is 0.0207. The highest BCUT2D eigenvalue weighted by Crippen LogP contribution is 2.29. The van der Waals surface area contributed by atoms with Gasteiger partial charge in [0.05, 0.1) is 0 Å². The van der Waals surface area contributed by atoms with Crippen LogP contribution in [0.1, 0.15) is 40.9 Å². The lowest BCUT2D eigenvalue weighted by atomic mass is 10.0. The number of rotatable bonds is 4. The van der Waals surface area contributed by atoms with Crippen molar-refractivity contribution in [3.8, 4) is 0 Å². The van der Waals surface area contributed by atoms with Gasteiger partial charge in [0.2, 0.25) is 0 Å². The molecule has 2 aromatic rings. The fourth-order valence-corrected chi connectivity index (χ4v) is 3.22. The van der Waals surface area contributed by atoms with E-state index >= 15 is 0 Å². The van der Waals surface area contributed by atoms with E-state index < -0.39 is 0 Å². The molecule has 0 saturated carbocycles. The van der Waals surface area contributed by atoms with Crippen LogP contribution in [0.2, 0.25) is 0 Å². The van der Waals surface area contributed by atoms with Crippen LogP contribution in [-0.4, -0.2) is 43.0 Å². The van der Waals surface area contributed by atoms with Gasteiger partial charge >= 0.3 is 0 Å². The van der Waals surface area contributed by atoms with E-state index in [0.29, 0.717) is 6.54 Å². The molecule has 0 radical (unpaired) electrons. The third-order valence-corrected chi connectivity index (χ3v) is 4.45. The average molecular weight is 299 g/mol. The van der Waals surface area contributed by atoms with E-state index in [1.165, 1.54) is 35.9 Å². The number of likely N-dealkylation sites (N-methyl/N-ethyl adjacent to an activating group) is 1. The van der Waals surface area contributed by atoms with Crippen LogP contribution in [0.25, 0.3) is 10.9 Å². The molecule has 0 spiro atoms. The van der Waals surface area contributed by atoms with Crippen molar-refractivity contribution in [2.24, 2.45) is 0 Å². The molecule has 0 fully saturated rings. The van der Waals surface area contributed by atoms with Crippen molar-refractivity contribution >= 4 is 16.8 Å². The maximum Gasteiger partial charge on any atom is 0.251 e. The third-order valence-electron chi connectivity index (χ3n) is 4.45. The van der Waals surface area contributed by atoms with Gasteiger partial charge in [-0.05, 0) is 63.5 Å². The first-order valence-electron chi connectivity index (χ1n) is 8.21. The van der Waals surface area contributed by atoms with Crippen molar-refractivity contribution in [3.63, 3.8) is 0 Å². The highest BCUT2D eigenvalue weighted by atomic mass is 16.1. The number of aryl methyl sites for hydroxylation is 2. The number of amides is 1. The van der Waals surface area contributed by atoms with E-state index in [-0.39, 0.29) is 5.91 Å². The lowest BCUT2D eigenvalue weighted by Crippen LogP contribution is -2.31. The molecule has 1 aromatic heterocycles. The van der Waals surface area contributed by atoms with Crippen molar-refractivity contribution < 1.29 is 4.79 Å². The summed E-state index contributed by atoms with van der Waals surface area (Å²) in [5, 5.41) is 4.22. The van der Waals surface area contributed by atoms with Crippen LogP contribution in [0.5, 0.6) is 0 Å². The number of hydrogen-bond donors (Lipinski definition) is 2. The Morgan fingerprint density at radius 3 is 2.86 bits per heavy atom. The molecular weight excluding hydrogens is 274 g/mol. The summed E-state index contributed by atoms with van der Waals surface area (Å²) in [7, 11) is 4.01. The molecule has 2 N–H and O–H groups in total. The van der Waals surface area contributed by atoms with E-state index in [1.807, 2.05) is 26.2 Å². The van der Waals surface area contributed by atoms with E-state index in [4.69, 9.17) is 0 Å². The Bertz CT molecular complexity index is 672. The fourth-order valence-electron chi connectivity index (χ4n) is 3.22. The van der Waals surface area contributed by atoms with E-state index in [0.717, 1.165) is 30.5 Å². The molecule has 1 aromatic carbocycles. The topological polar surface area (TPSA) is 48.1 Å². The van der Waals surface area contributed by atoms with Gasteiger partial charge in [0.25, 0.3) is 5.91 Å². The monoisotopic (exact) mass is 299 g/mol. The van der Waals surface area contributed by atoms with Crippen LogP contribution in [-0.2, 0) is 12.8 Å². The summed E-state index contributed by atoms with van der Waals surface area (Å²) in [6.07, 6.45) is 6.07. The number of fused-ring (bicyclic) bond motifs is 3. The number of H-pyrrole nitrogens is 1. The van der Waals surface area contributed by atoms with Crippen LogP contribution < -0.4 is 5.32 Å². The Hall–Kier alpha value is -1.81. The van der Waals surface area contributed by atoms with E-state index in [1.54, 1.807) is 0 Å². The molecule has 1 aliphatic carbocycles. The van der Waals surface area contributed by atoms with Crippen molar-refractivity contribution in [3.05, 3.63) is 35.0 Å². The van der Waals surface area contributed by atoms with Gasteiger partial charge in [-0.1, -0.05) is 6.42 Å². The first-order chi connectivity index (χ1) is 10.6. The zero-order chi connectivity index (χ0) is 15.5. The quantitative estimate of drug-likeness (QED) is 0.853. The highest BCUT2D eigenvalue weighted by Gasteiger charge is 2.15. The normalized spacial score (nSPS) is 14.9. The standard InChI is InChI=1S/C18H25N3O/c1-21(2)11-10-19-18(22)13-8-9-17-15(12-13)14-6-4-3-5-7-16(14)20-17/h8-9,12,20H,3-7,10-11H2,1-2H3,(H,19,22). The molecule has 3 rings (SSSR count). The van der Waals surface area contributed by atoms with E-state index in [9.17, 15) is 4.79 Å². The van der Waals surface area contributed by atoms with Crippen LogP contribution >= 0.6 is 0 Å². The molecule has 118 valence electrons. The predicted octanol–water partition coefficient (Wildman–Crippen LogP) is 2.73. The molecule has 0 aliphatic heterocycles. The molecule has 22 heavy (non-hydrogen) atoms. The minimum Gasteiger partial charge on any atom is -0.358 e. The summed E-state index contributed by atoms with van der Waals surface area (Å²) >= 11 is 0. The van der Waals surface area contributed by atoms with Crippen LogP contribution in [0.3, 0.4) is 0 Å². The van der Waals surface area contributed by atoms with Gasteiger partial charge in [-0.15, -0.1) is 0 Å². The van der Waals surface area contributed by atoms with Gasteiger partial charge < -0.3 is 15.2 Å². The number of aromatic amines is 1. The maximum atomic E-state index is 12.3. The predicted molar refractivity (Wildman–Crippen MR) is 90.4 cm³/mol. The second kappa shape index (κ2) is 6.53. The van der Waals surface area contributed by atoms with Gasteiger partial charge in [0.1, 0.15) is 0 Å². The van der Waals surface area contributed by atoms with Crippen molar-refractivity contribution in [2.45, 2.75) is 32.1 Å². The minimum atomic E-state index is 0.0207. The van der Waals surface area contributed by atoms with Crippen molar-refractivity contribution in [2.75, 3.05) is 27.2 Å². The van der Waals surface area contributed by atoms with Crippen LogP contribution in [0, 0.1) is 0 Å². The molecule has 1 heterocycles. The number of nitrogens with zero attached hydrogens (tertiary/aromatic N) is 1. The second-order valence-corrected chi connectivity index (χ2v) is 6.46. The lowest BCUT2D eigenvalue weighted by Gasteiger charge is -2.10. The van der Waals surface area contributed by atoms with Gasteiger partial charge in [-0.3, -0.25) is 4.79 Å². The summed E-state index contributed by atoms with van der Waals surface area (Å²) in [6, 6.07) is 6.02. The smallest absolute Gasteiger partial charge is 0.251 e.